The highest BCUT2D eigenvalue weighted by atomic mass is 32.1. The van der Waals surface area contributed by atoms with Crippen molar-refractivity contribution < 1.29 is 24.3 Å². The molecule has 3 aromatic carbocycles. The third kappa shape index (κ3) is 5.78. The summed E-state index contributed by atoms with van der Waals surface area (Å²) >= 11 is 5.74. The van der Waals surface area contributed by atoms with E-state index < -0.39 is 12.0 Å². The largest absolute Gasteiger partial charge is 0.720 e. The van der Waals surface area contributed by atoms with Gasteiger partial charge in [0.15, 0.2) is 12.5 Å². The lowest BCUT2D eigenvalue weighted by Crippen LogP contribution is -3.01. The summed E-state index contributed by atoms with van der Waals surface area (Å²) in [5.74, 6) is -0.394. The van der Waals surface area contributed by atoms with Gasteiger partial charge in [0.1, 0.15) is 23.2 Å². The van der Waals surface area contributed by atoms with Crippen LogP contribution < -0.4 is 19.9 Å². The second kappa shape index (κ2) is 11.8. The van der Waals surface area contributed by atoms with Crippen LogP contribution in [0.1, 0.15) is 32.3 Å². The fraction of sp³-hybridized carbons (Fsp3) is 0.188. The average Bonchev–Trinajstić information content (AvgIpc) is 3.26. The van der Waals surface area contributed by atoms with Gasteiger partial charge in [-0.15, -0.1) is 0 Å². The zero-order chi connectivity index (χ0) is 28.2. The summed E-state index contributed by atoms with van der Waals surface area (Å²) in [7, 11) is 0. The first-order chi connectivity index (χ1) is 19.3. The molecule has 2 unspecified atom stereocenters. The molecule has 3 aromatic rings. The molecule has 2 atom stereocenters. The minimum Gasteiger partial charge on any atom is -0.720 e. The molecule has 7 nitrogen and oxygen atoms in total. The Morgan fingerprint density at radius 3 is 2.60 bits per heavy atom. The van der Waals surface area contributed by atoms with Crippen LogP contribution in [-0.2, 0) is 22.2 Å². The number of nitrogens with one attached hydrogen (secondary N) is 2. The summed E-state index contributed by atoms with van der Waals surface area (Å²) in [5.41, 5.74) is 6.64. The standard InChI is InChI=1S/C32H31N3O4S/c1-21-29(23-8-4-3-5-9-23)18-31(40)35(21)27-12-6-10-25(16-27)33-20-39-28-13-7-11-26(17-28)34-19-24(22(2)36)14-15-30(34)32(37)38/h3-13,16-19,30,33,40H,14-15,20H2,1-2H3,(H,37,38). The number of aliphatic carboxylic acids is 1. The van der Waals surface area contributed by atoms with Crippen LogP contribution in [0.4, 0.5) is 17.1 Å². The Morgan fingerprint density at radius 1 is 1.07 bits per heavy atom. The van der Waals surface area contributed by atoms with Crippen molar-refractivity contribution in [3.8, 4) is 5.75 Å². The Morgan fingerprint density at radius 2 is 1.85 bits per heavy atom. The second-order valence-electron chi connectivity index (χ2n) is 9.84. The molecule has 2 heterocycles. The Labute approximate surface area is 239 Å². The predicted molar refractivity (Wildman–Crippen MR) is 159 cm³/mol. The number of carbonyl (C=O) groups is 2. The molecule has 2 aliphatic heterocycles. The molecule has 0 aromatic heterocycles. The van der Waals surface area contributed by atoms with E-state index in [0.717, 1.165) is 38.1 Å². The highest BCUT2D eigenvalue weighted by Gasteiger charge is 2.30. The molecule has 40 heavy (non-hydrogen) atoms. The molecule has 0 radical (unpaired) electrons. The van der Waals surface area contributed by atoms with Crippen molar-refractivity contribution >= 4 is 47.0 Å². The number of quaternary nitrogens is 1. The smallest absolute Gasteiger partial charge is 0.326 e. The molecule has 204 valence electrons. The van der Waals surface area contributed by atoms with Crippen molar-refractivity contribution in [2.24, 2.45) is 0 Å². The Hall–Kier alpha value is -4.40. The van der Waals surface area contributed by atoms with Crippen LogP contribution in [0, 0.1) is 0 Å². The lowest BCUT2D eigenvalue weighted by Gasteiger charge is -2.32. The van der Waals surface area contributed by atoms with E-state index >= 15 is 0 Å². The first-order valence-corrected chi connectivity index (χ1v) is 13.6. The number of allylic oxidation sites excluding steroid dienone is 4. The fourth-order valence-electron chi connectivity index (χ4n) is 5.15. The zero-order valence-electron chi connectivity index (χ0n) is 22.4. The molecule has 8 heteroatoms. The van der Waals surface area contributed by atoms with Crippen molar-refractivity contribution in [1.29, 1.82) is 0 Å². The van der Waals surface area contributed by atoms with Crippen molar-refractivity contribution in [2.45, 2.75) is 32.7 Å². The van der Waals surface area contributed by atoms with E-state index in [2.05, 4.69) is 42.6 Å². The van der Waals surface area contributed by atoms with E-state index in [1.807, 2.05) is 48.5 Å². The summed E-state index contributed by atoms with van der Waals surface area (Å²) in [6, 6.07) is 24.8. The van der Waals surface area contributed by atoms with E-state index in [9.17, 15) is 14.7 Å². The van der Waals surface area contributed by atoms with Crippen LogP contribution in [0.3, 0.4) is 0 Å². The monoisotopic (exact) mass is 553 g/mol. The predicted octanol–water partition coefficient (Wildman–Crippen LogP) is 5.01. The number of hydrogen-bond donors (Lipinski definition) is 3. The molecule has 5 rings (SSSR count). The normalized spacial score (nSPS) is 18.7. The third-order valence-electron chi connectivity index (χ3n) is 7.22. The molecular weight excluding hydrogens is 522 g/mol. The minimum absolute atomic E-state index is 0.0518. The van der Waals surface area contributed by atoms with Crippen LogP contribution in [0.15, 0.2) is 107 Å². The maximum Gasteiger partial charge on any atom is 0.326 e. The number of rotatable bonds is 9. The lowest BCUT2D eigenvalue weighted by atomic mass is 9.97. The SMILES string of the molecule is CC(=O)C1=CN(c2cccc(OCNc3cccc([NH+]4C([S-])=CC(c5ccccc5)=C4C)c3)c2)C(C(=O)O)CC1. The first kappa shape index (κ1) is 27.2. The first-order valence-electron chi connectivity index (χ1n) is 13.1. The highest BCUT2D eigenvalue weighted by Crippen LogP contribution is 2.30. The van der Waals surface area contributed by atoms with Gasteiger partial charge >= 0.3 is 5.97 Å². The number of ketones is 1. The average molecular weight is 554 g/mol. The van der Waals surface area contributed by atoms with Gasteiger partial charge in [0.25, 0.3) is 0 Å². The molecule has 0 aliphatic carbocycles. The molecule has 0 saturated carbocycles. The molecule has 0 saturated heterocycles. The summed E-state index contributed by atoms with van der Waals surface area (Å²) in [5, 5.41) is 13.9. The quantitative estimate of drug-likeness (QED) is 0.254. The summed E-state index contributed by atoms with van der Waals surface area (Å²) in [6.45, 7) is 3.82. The van der Waals surface area contributed by atoms with Gasteiger partial charge in [0, 0.05) is 47.8 Å². The number of benzene rings is 3. The maximum absolute atomic E-state index is 11.9. The number of anilines is 2. The fourth-order valence-corrected chi connectivity index (χ4v) is 5.53. The summed E-state index contributed by atoms with van der Waals surface area (Å²) in [6.07, 6.45) is 4.53. The van der Waals surface area contributed by atoms with E-state index in [1.165, 1.54) is 6.92 Å². The number of Topliss-reactive ketones (excluding diaryl/α,β-unsaturated/α-hetero) is 1. The zero-order valence-corrected chi connectivity index (χ0v) is 23.2. The van der Waals surface area contributed by atoms with E-state index in [4.69, 9.17) is 17.4 Å². The van der Waals surface area contributed by atoms with Crippen LogP contribution in [0.2, 0.25) is 0 Å². The topological polar surface area (TPSA) is 83.3 Å². The molecular formula is C32H31N3O4S. The van der Waals surface area contributed by atoms with E-state index in [-0.39, 0.29) is 12.5 Å². The van der Waals surface area contributed by atoms with Gasteiger partial charge in [-0.1, -0.05) is 42.5 Å². The molecule has 0 spiro atoms. The molecule has 0 bridgehead atoms. The Balaban J connectivity index is 1.28. The number of ether oxygens (including phenoxy) is 1. The van der Waals surface area contributed by atoms with Crippen molar-refractivity contribution in [3.63, 3.8) is 0 Å². The van der Waals surface area contributed by atoms with Crippen LogP contribution in [0.25, 0.3) is 5.57 Å². The Kier molecular flexibility index (Phi) is 8.00. The number of carbonyl (C=O) groups excluding carboxylic acids is 1. The lowest BCUT2D eigenvalue weighted by molar-refractivity contribution is -0.732. The highest BCUT2D eigenvalue weighted by molar-refractivity contribution is 7.63. The number of hydrogen-bond acceptors (Lipinski definition) is 6. The molecule has 3 N–H and O–H groups in total. The molecule has 2 aliphatic rings. The van der Waals surface area contributed by atoms with Gasteiger partial charge in [-0.2, -0.15) is 0 Å². The van der Waals surface area contributed by atoms with Gasteiger partial charge in [-0.05, 0) is 60.7 Å². The van der Waals surface area contributed by atoms with Gasteiger partial charge in [-0.3, -0.25) is 9.69 Å². The number of carboxylic acids is 1. The van der Waals surface area contributed by atoms with E-state index in [0.29, 0.717) is 29.9 Å². The van der Waals surface area contributed by atoms with Crippen molar-refractivity contribution in [3.05, 3.63) is 113 Å². The van der Waals surface area contributed by atoms with Crippen molar-refractivity contribution in [1.82, 2.24) is 0 Å². The van der Waals surface area contributed by atoms with Gasteiger partial charge in [-0.25, -0.2) is 4.79 Å². The Bertz CT molecular complexity index is 1530. The minimum atomic E-state index is -0.926. The number of carboxylic acid groups (broad SMARTS) is 1. The van der Waals surface area contributed by atoms with Crippen LogP contribution in [0.5, 0.6) is 5.75 Å². The second-order valence-corrected chi connectivity index (χ2v) is 10.3. The maximum atomic E-state index is 11.9. The van der Waals surface area contributed by atoms with Gasteiger partial charge in [0.05, 0.1) is 0 Å². The number of nitrogens with zero attached hydrogens (tertiary/aromatic N) is 1. The third-order valence-corrected chi connectivity index (χ3v) is 7.54. The summed E-state index contributed by atoms with van der Waals surface area (Å²) in [4.78, 5) is 26.5. The van der Waals surface area contributed by atoms with Gasteiger partial charge < -0.3 is 32.7 Å². The van der Waals surface area contributed by atoms with Crippen LogP contribution >= 0.6 is 0 Å². The van der Waals surface area contributed by atoms with E-state index in [1.54, 1.807) is 17.2 Å². The van der Waals surface area contributed by atoms with Gasteiger partial charge in [0.2, 0.25) is 0 Å². The van der Waals surface area contributed by atoms with Crippen LogP contribution in [-0.4, -0.2) is 29.6 Å². The molecule has 0 amide bonds. The summed E-state index contributed by atoms with van der Waals surface area (Å²) < 4.78 is 5.97. The molecule has 0 fully saturated rings. The van der Waals surface area contributed by atoms with Crippen molar-refractivity contribution in [2.75, 3.05) is 16.9 Å².